The Labute approximate surface area is 202 Å². The Balaban J connectivity index is 1.51. The number of benzene rings is 1. The maximum Gasteiger partial charge on any atom is 0.410 e. The first kappa shape index (κ1) is 24.3. The van der Waals surface area contributed by atoms with Gasteiger partial charge in [-0.05, 0) is 45.7 Å². The number of halogens is 1. The van der Waals surface area contributed by atoms with Crippen molar-refractivity contribution in [3.63, 3.8) is 0 Å². The number of nitrogens with one attached hydrogen (secondary N) is 1. The molecule has 11 heteroatoms. The van der Waals surface area contributed by atoms with Crippen LogP contribution in [0.3, 0.4) is 0 Å². The number of anilines is 1. The number of carbonyl (C=O) groups is 1. The predicted molar refractivity (Wildman–Crippen MR) is 130 cm³/mol. The fourth-order valence-electron chi connectivity index (χ4n) is 3.82. The number of aromatic nitrogens is 2. The minimum Gasteiger partial charge on any atom is -0.444 e. The van der Waals surface area contributed by atoms with E-state index < -0.39 is 21.3 Å². The van der Waals surface area contributed by atoms with E-state index in [1.54, 1.807) is 10.3 Å². The standard InChI is InChI=1S/C23H27FN4O4S2/c1-23(2,3)32-22(29)28-9-7-14(8-10-28)27-21-20-19(25-13-26-21)17(12-33-20)16-6-5-15(11-18(16)24)34(4,30)31/h5-6,11-14H,7-10H2,1-4H3,(H,25,26,27). The molecule has 34 heavy (non-hydrogen) atoms. The first-order valence-corrected chi connectivity index (χ1v) is 13.7. The number of likely N-dealkylation sites (tertiary alicyclic amines) is 1. The summed E-state index contributed by atoms with van der Waals surface area (Å²) < 4.78 is 44.5. The fraction of sp³-hybridized carbons (Fsp3) is 0.435. The zero-order valence-electron chi connectivity index (χ0n) is 19.5. The van der Waals surface area contributed by atoms with Crippen molar-refractivity contribution in [2.75, 3.05) is 24.7 Å². The van der Waals surface area contributed by atoms with E-state index in [-0.39, 0.29) is 22.6 Å². The first-order valence-electron chi connectivity index (χ1n) is 10.9. The van der Waals surface area contributed by atoms with Gasteiger partial charge in [0.1, 0.15) is 23.6 Å². The molecule has 3 heterocycles. The van der Waals surface area contributed by atoms with Gasteiger partial charge in [0, 0.05) is 41.9 Å². The van der Waals surface area contributed by atoms with Crippen molar-refractivity contribution < 1.29 is 22.3 Å². The summed E-state index contributed by atoms with van der Waals surface area (Å²) in [4.78, 5) is 22.7. The number of thiophene rings is 1. The number of amides is 1. The van der Waals surface area contributed by atoms with E-state index in [9.17, 15) is 17.6 Å². The second kappa shape index (κ2) is 9.10. The van der Waals surface area contributed by atoms with Crippen molar-refractivity contribution in [3.8, 4) is 11.1 Å². The highest BCUT2D eigenvalue weighted by atomic mass is 32.2. The van der Waals surface area contributed by atoms with Gasteiger partial charge < -0.3 is 15.0 Å². The first-order chi connectivity index (χ1) is 15.9. The van der Waals surface area contributed by atoms with Gasteiger partial charge in [-0.15, -0.1) is 11.3 Å². The van der Waals surface area contributed by atoms with Gasteiger partial charge in [-0.25, -0.2) is 27.6 Å². The van der Waals surface area contributed by atoms with Crippen LogP contribution in [-0.4, -0.2) is 60.4 Å². The minimum absolute atomic E-state index is 0.0667. The highest BCUT2D eigenvalue weighted by molar-refractivity contribution is 7.90. The van der Waals surface area contributed by atoms with Crippen molar-refractivity contribution in [2.24, 2.45) is 0 Å². The maximum atomic E-state index is 14.8. The van der Waals surface area contributed by atoms with Crippen LogP contribution in [0.15, 0.2) is 34.8 Å². The molecule has 0 radical (unpaired) electrons. The lowest BCUT2D eigenvalue weighted by atomic mass is 10.1. The quantitative estimate of drug-likeness (QED) is 0.547. The second-order valence-corrected chi connectivity index (χ2v) is 12.2. The van der Waals surface area contributed by atoms with Crippen molar-refractivity contribution in [1.29, 1.82) is 0 Å². The molecule has 0 bridgehead atoms. The Morgan fingerprint density at radius 2 is 1.91 bits per heavy atom. The summed E-state index contributed by atoms with van der Waals surface area (Å²) >= 11 is 1.40. The summed E-state index contributed by atoms with van der Waals surface area (Å²) in [5, 5.41) is 5.25. The summed E-state index contributed by atoms with van der Waals surface area (Å²) in [6.45, 7) is 6.70. The average Bonchev–Trinajstić information content (AvgIpc) is 3.17. The van der Waals surface area contributed by atoms with Crippen LogP contribution in [0.4, 0.5) is 15.0 Å². The van der Waals surface area contributed by atoms with Crippen LogP contribution in [0.25, 0.3) is 21.3 Å². The van der Waals surface area contributed by atoms with Gasteiger partial charge in [-0.2, -0.15) is 0 Å². The molecule has 1 aliphatic heterocycles. The lowest BCUT2D eigenvalue weighted by molar-refractivity contribution is 0.0210. The molecule has 2 aromatic heterocycles. The molecule has 1 saturated heterocycles. The lowest BCUT2D eigenvalue weighted by Gasteiger charge is -2.33. The van der Waals surface area contributed by atoms with Crippen LogP contribution >= 0.6 is 11.3 Å². The van der Waals surface area contributed by atoms with Crippen LogP contribution in [0, 0.1) is 5.82 Å². The van der Waals surface area contributed by atoms with E-state index in [0.29, 0.717) is 30.0 Å². The molecule has 3 aromatic rings. The van der Waals surface area contributed by atoms with Gasteiger partial charge in [-0.3, -0.25) is 0 Å². The topological polar surface area (TPSA) is 101 Å². The molecule has 1 aliphatic rings. The predicted octanol–water partition coefficient (Wildman–Crippen LogP) is 4.71. The molecule has 8 nitrogen and oxygen atoms in total. The van der Waals surface area contributed by atoms with Crippen molar-refractivity contribution >= 4 is 43.3 Å². The molecule has 1 amide bonds. The zero-order valence-corrected chi connectivity index (χ0v) is 21.1. The summed E-state index contributed by atoms with van der Waals surface area (Å²) in [5.41, 5.74) is 0.941. The number of ether oxygens (including phenoxy) is 1. The van der Waals surface area contributed by atoms with E-state index in [1.807, 2.05) is 20.8 Å². The van der Waals surface area contributed by atoms with Gasteiger partial charge in [0.15, 0.2) is 9.84 Å². The van der Waals surface area contributed by atoms with Crippen molar-refractivity contribution in [3.05, 3.63) is 35.7 Å². The smallest absolute Gasteiger partial charge is 0.410 e. The maximum absolute atomic E-state index is 14.8. The molecular formula is C23H27FN4O4S2. The third-order valence-electron chi connectivity index (χ3n) is 5.50. The Kier molecular flexibility index (Phi) is 6.52. The second-order valence-electron chi connectivity index (χ2n) is 9.35. The van der Waals surface area contributed by atoms with Crippen LogP contribution < -0.4 is 5.32 Å². The third kappa shape index (κ3) is 5.30. The number of nitrogens with zero attached hydrogens (tertiary/aromatic N) is 3. The van der Waals surface area contributed by atoms with Crippen molar-refractivity contribution in [2.45, 2.75) is 50.2 Å². The number of fused-ring (bicyclic) bond motifs is 1. The van der Waals surface area contributed by atoms with E-state index in [1.165, 1.54) is 29.8 Å². The summed E-state index contributed by atoms with van der Waals surface area (Å²) in [6.07, 6.45) is 3.65. The molecule has 1 aromatic carbocycles. The molecule has 0 unspecified atom stereocenters. The molecule has 4 rings (SSSR count). The molecule has 182 valence electrons. The third-order valence-corrected chi connectivity index (χ3v) is 7.59. The number of piperidine rings is 1. The van der Waals surface area contributed by atoms with Crippen LogP contribution in [0.2, 0.25) is 0 Å². The summed E-state index contributed by atoms with van der Waals surface area (Å²) in [7, 11) is -3.50. The molecule has 1 N–H and O–H groups in total. The van der Waals surface area contributed by atoms with E-state index in [4.69, 9.17) is 4.74 Å². The number of hydrogen-bond donors (Lipinski definition) is 1. The fourth-order valence-corrected chi connectivity index (χ4v) is 5.42. The minimum atomic E-state index is -3.50. The molecule has 0 saturated carbocycles. The van der Waals surface area contributed by atoms with Gasteiger partial charge in [0.05, 0.1) is 15.1 Å². The van der Waals surface area contributed by atoms with E-state index >= 15 is 0 Å². The van der Waals surface area contributed by atoms with Gasteiger partial charge in [0.25, 0.3) is 0 Å². The highest BCUT2D eigenvalue weighted by Crippen LogP contribution is 2.37. The van der Waals surface area contributed by atoms with Crippen LogP contribution in [0.5, 0.6) is 0 Å². The van der Waals surface area contributed by atoms with Crippen molar-refractivity contribution in [1.82, 2.24) is 14.9 Å². The van der Waals surface area contributed by atoms with E-state index in [2.05, 4.69) is 15.3 Å². The summed E-state index contributed by atoms with van der Waals surface area (Å²) in [5.74, 6) is 0.0374. The molecule has 1 fully saturated rings. The normalized spacial score (nSPS) is 15.5. The average molecular weight is 507 g/mol. The summed E-state index contributed by atoms with van der Waals surface area (Å²) in [6, 6.07) is 4.02. The van der Waals surface area contributed by atoms with Gasteiger partial charge in [-0.1, -0.05) is 6.07 Å². The molecule has 0 spiro atoms. The number of rotatable bonds is 4. The molecule has 0 aliphatic carbocycles. The van der Waals surface area contributed by atoms with Crippen LogP contribution in [0.1, 0.15) is 33.6 Å². The molecular weight excluding hydrogens is 479 g/mol. The Morgan fingerprint density at radius 3 is 2.53 bits per heavy atom. The monoisotopic (exact) mass is 506 g/mol. The highest BCUT2D eigenvalue weighted by Gasteiger charge is 2.27. The molecule has 0 atom stereocenters. The lowest BCUT2D eigenvalue weighted by Crippen LogP contribution is -2.44. The Hall–Kier alpha value is -2.79. The zero-order chi connectivity index (χ0) is 24.7. The number of hydrogen-bond acceptors (Lipinski definition) is 8. The Bertz CT molecular complexity index is 1330. The SMILES string of the molecule is CC(C)(C)OC(=O)N1CCC(Nc2ncnc3c(-c4ccc(S(C)(=O)=O)cc4F)csc23)CC1. The van der Waals surface area contributed by atoms with Gasteiger partial charge in [0.2, 0.25) is 0 Å². The largest absolute Gasteiger partial charge is 0.444 e. The number of sulfone groups is 1. The van der Waals surface area contributed by atoms with E-state index in [0.717, 1.165) is 29.9 Å². The van der Waals surface area contributed by atoms with Crippen LogP contribution in [-0.2, 0) is 14.6 Å². The number of carbonyl (C=O) groups excluding carboxylic acids is 1. The van der Waals surface area contributed by atoms with Gasteiger partial charge >= 0.3 is 6.09 Å². The Morgan fingerprint density at radius 1 is 1.21 bits per heavy atom.